The van der Waals surface area contributed by atoms with Crippen molar-refractivity contribution in [3.8, 4) is 0 Å². The number of hydrogen-bond acceptors (Lipinski definition) is 4. The maximum absolute atomic E-state index is 12.5. The van der Waals surface area contributed by atoms with Gasteiger partial charge in [-0.15, -0.1) is 0 Å². The molecule has 0 unspecified atom stereocenters. The predicted octanol–water partition coefficient (Wildman–Crippen LogP) is 4.27. The lowest BCUT2D eigenvalue weighted by Gasteiger charge is -2.12. The Kier molecular flexibility index (Phi) is 4.12. The van der Waals surface area contributed by atoms with E-state index in [-0.39, 0.29) is 11.2 Å². The van der Waals surface area contributed by atoms with Gasteiger partial charge in [0.25, 0.3) is 0 Å². The van der Waals surface area contributed by atoms with Gasteiger partial charge in [0, 0.05) is 43.4 Å². The average molecular weight is 358 g/mol. The van der Waals surface area contributed by atoms with E-state index < -0.39 is 0 Å². The van der Waals surface area contributed by atoms with Crippen molar-refractivity contribution < 1.29 is 9.16 Å². The van der Waals surface area contributed by atoms with Gasteiger partial charge in [-0.25, -0.2) is 0 Å². The van der Waals surface area contributed by atoms with E-state index in [9.17, 15) is 10.0 Å². The third-order valence-corrected chi connectivity index (χ3v) is 4.50. The van der Waals surface area contributed by atoms with Gasteiger partial charge in [-0.1, -0.05) is 30.3 Å². The Morgan fingerprint density at radius 3 is 2.44 bits per heavy atom. The van der Waals surface area contributed by atoms with Crippen LogP contribution in [0, 0.1) is 5.21 Å². The lowest BCUT2D eigenvalue weighted by atomic mass is 10.1. The molecule has 0 saturated heterocycles. The standard InChI is InChI=1S/C22H18N2O3/c1-23(2)16-8-10-17(11-9-16)24(26)14-18-13-21(25)20-12-7-15-5-3-4-6-19(15)22(20)27-18/h3-14H,1-2H3/b24-14+. The van der Waals surface area contributed by atoms with Crippen LogP contribution in [0.5, 0.6) is 0 Å². The first-order valence-electron chi connectivity index (χ1n) is 8.57. The average Bonchev–Trinajstić information content (AvgIpc) is 2.68. The highest BCUT2D eigenvalue weighted by Crippen LogP contribution is 2.24. The highest BCUT2D eigenvalue weighted by atomic mass is 16.5. The predicted molar refractivity (Wildman–Crippen MR) is 109 cm³/mol. The number of benzene rings is 3. The quantitative estimate of drug-likeness (QED) is 0.180. The van der Waals surface area contributed by atoms with Crippen LogP contribution < -0.4 is 10.3 Å². The summed E-state index contributed by atoms with van der Waals surface area (Å²) in [4.78, 5) is 14.4. The van der Waals surface area contributed by atoms with Gasteiger partial charge in [0.2, 0.25) is 11.9 Å². The summed E-state index contributed by atoms with van der Waals surface area (Å²) in [7, 11) is 3.87. The first-order chi connectivity index (χ1) is 13.0. The van der Waals surface area contributed by atoms with Gasteiger partial charge in [0.05, 0.1) is 5.39 Å². The fourth-order valence-corrected chi connectivity index (χ4v) is 3.05. The highest BCUT2D eigenvalue weighted by molar-refractivity contribution is 6.04. The molecule has 134 valence electrons. The second-order valence-electron chi connectivity index (χ2n) is 6.54. The van der Waals surface area contributed by atoms with Gasteiger partial charge in [-0.2, -0.15) is 4.74 Å². The Bertz CT molecular complexity index is 1220. The molecule has 1 heterocycles. The zero-order chi connectivity index (χ0) is 19.0. The number of fused-ring (bicyclic) bond motifs is 3. The molecule has 4 aromatic rings. The van der Waals surface area contributed by atoms with E-state index in [4.69, 9.17) is 4.42 Å². The molecule has 0 bridgehead atoms. The summed E-state index contributed by atoms with van der Waals surface area (Å²) < 4.78 is 6.61. The van der Waals surface area contributed by atoms with E-state index in [0.717, 1.165) is 16.5 Å². The number of nitrogens with zero attached hydrogens (tertiary/aromatic N) is 2. The molecule has 27 heavy (non-hydrogen) atoms. The van der Waals surface area contributed by atoms with E-state index in [1.54, 1.807) is 18.2 Å². The van der Waals surface area contributed by atoms with E-state index in [1.165, 1.54) is 12.3 Å². The van der Waals surface area contributed by atoms with Crippen LogP contribution >= 0.6 is 0 Å². The number of rotatable bonds is 3. The van der Waals surface area contributed by atoms with Crippen molar-refractivity contribution in [2.75, 3.05) is 19.0 Å². The van der Waals surface area contributed by atoms with Crippen molar-refractivity contribution in [1.82, 2.24) is 0 Å². The van der Waals surface area contributed by atoms with Crippen LogP contribution in [0.2, 0.25) is 0 Å². The van der Waals surface area contributed by atoms with Crippen molar-refractivity contribution >= 4 is 39.3 Å². The molecule has 5 heteroatoms. The molecular formula is C22H18N2O3. The normalized spacial score (nSPS) is 11.9. The third-order valence-electron chi connectivity index (χ3n) is 4.50. The summed E-state index contributed by atoms with van der Waals surface area (Å²) in [5.41, 5.74) is 1.77. The summed E-state index contributed by atoms with van der Waals surface area (Å²) in [5, 5.41) is 14.8. The van der Waals surface area contributed by atoms with Crippen LogP contribution in [0.1, 0.15) is 5.76 Å². The van der Waals surface area contributed by atoms with Crippen LogP contribution in [0.3, 0.4) is 0 Å². The summed E-state index contributed by atoms with van der Waals surface area (Å²) >= 11 is 0. The second-order valence-corrected chi connectivity index (χ2v) is 6.54. The maximum atomic E-state index is 12.5. The van der Waals surface area contributed by atoms with Crippen LogP contribution in [-0.2, 0) is 0 Å². The molecule has 4 rings (SSSR count). The molecule has 0 amide bonds. The molecule has 0 radical (unpaired) electrons. The fourth-order valence-electron chi connectivity index (χ4n) is 3.05. The molecule has 0 saturated carbocycles. The minimum Gasteiger partial charge on any atom is -0.618 e. The molecule has 5 nitrogen and oxygen atoms in total. The van der Waals surface area contributed by atoms with Crippen molar-refractivity contribution in [3.63, 3.8) is 0 Å². The van der Waals surface area contributed by atoms with Crippen LogP contribution in [-0.4, -0.2) is 25.0 Å². The van der Waals surface area contributed by atoms with Gasteiger partial charge in [-0.05, 0) is 23.6 Å². The molecule has 0 fully saturated rings. The SMILES string of the molecule is CN(C)c1ccc(/[N+]([O-])=C\c2cc(=O)c3ccc4ccccc4c3o2)cc1. The van der Waals surface area contributed by atoms with Gasteiger partial charge in [0.1, 0.15) is 5.58 Å². The van der Waals surface area contributed by atoms with Crippen LogP contribution in [0.15, 0.2) is 75.9 Å². The fraction of sp³-hybridized carbons (Fsp3) is 0.0909. The first kappa shape index (κ1) is 16.8. The Labute approximate surface area is 156 Å². The molecule has 0 spiro atoms. The summed E-state index contributed by atoms with van der Waals surface area (Å²) in [6.45, 7) is 0. The van der Waals surface area contributed by atoms with Crippen molar-refractivity contribution in [1.29, 1.82) is 0 Å². The van der Waals surface area contributed by atoms with Gasteiger partial charge in [0.15, 0.2) is 11.2 Å². The highest BCUT2D eigenvalue weighted by Gasteiger charge is 2.10. The molecule has 0 aliphatic carbocycles. The second kappa shape index (κ2) is 6.61. The Balaban J connectivity index is 1.82. The number of anilines is 1. The number of hydrogen-bond donors (Lipinski definition) is 0. The van der Waals surface area contributed by atoms with E-state index in [2.05, 4.69) is 0 Å². The largest absolute Gasteiger partial charge is 0.618 e. The van der Waals surface area contributed by atoms with Gasteiger partial charge in [-0.3, -0.25) is 4.79 Å². The molecule has 3 aromatic carbocycles. The topological polar surface area (TPSA) is 59.5 Å². The van der Waals surface area contributed by atoms with E-state index in [0.29, 0.717) is 21.4 Å². The molecular weight excluding hydrogens is 340 g/mol. The molecule has 1 aromatic heterocycles. The van der Waals surface area contributed by atoms with Crippen LogP contribution in [0.25, 0.3) is 21.7 Å². The van der Waals surface area contributed by atoms with E-state index in [1.807, 2.05) is 61.5 Å². The van der Waals surface area contributed by atoms with Crippen molar-refractivity contribution in [2.24, 2.45) is 0 Å². The monoisotopic (exact) mass is 358 g/mol. The lowest BCUT2D eigenvalue weighted by Crippen LogP contribution is -2.08. The Morgan fingerprint density at radius 2 is 1.70 bits per heavy atom. The molecule has 0 aliphatic rings. The van der Waals surface area contributed by atoms with Crippen LogP contribution in [0.4, 0.5) is 11.4 Å². The minimum absolute atomic E-state index is 0.176. The molecule has 0 aliphatic heterocycles. The zero-order valence-corrected chi connectivity index (χ0v) is 15.0. The van der Waals surface area contributed by atoms with E-state index >= 15 is 0 Å². The third kappa shape index (κ3) is 3.15. The summed E-state index contributed by atoms with van der Waals surface area (Å²) in [6, 6.07) is 19.8. The summed E-state index contributed by atoms with van der Waals surface area (Å²) in [6.07, 6.45) is 1.28. The maximum Gasteiger partial charge on any atom is 0.223 e. The van der Waals surface area contributed by atoms with Crippen molar-refractivity contribution in [3.05, 3.63) is 87.9 Å². The molecule has 0 N–H and O–H groups in total. The summed E-state index contributed by atoms with van der Waals surface area (Å²) in [5.74, 6) is 0.218. The Morgan fingerprint density at radius 1 is 0.963 bits per heavy atom. The Hall–Kier alpha value is -3.60. The smallest absolute Gasteiger partial charge is 0.223 e. The minimum atomic E-state index is -0.176. The zero-order valence-electron chi connectivity index (χ0n) is 15.0. The van der Waals surface area contributed by atoms with Crippen molar-refractivity contribution in [2.45, 2.75) is 0 Å². The first-order valence-corrected chi connectivity index (χ1v) is 8.57. The van der Waals surface area contributed by atoms with Gasteiger partial charge >= 0.3 is 0 Å². The lowest BCUT2D eigenvalue weighted by molar-refractivity contribution is -0.354. The van der Waals surface area contributed by atoms with Gasteiger partial charge < -0.3 is 14.5 Å². The molecule has 0 atom stereocenters.